The number of hydrogen-bond acceptors (Lipinski definition) is 3. The van der Waals surface area contributed by atoms with E-state index >= 15 is 0 Å². The topological polar surface area (TPSA) is 55.2 Å². The molecule has 1 aromatic rings. The van der Waals surface area contributed by atoms with Gasteiger partial charge in [0.05, 0.1) is 4.92 Å². The van der Waals surface area contributed by atoms with Crippen molar-refractivity contribution >= 4 is 11.4 Å². The molecule has 1 aromatic carbocycles. The highest BCUT2D eigenvalue weighted by molar-refractivity contribution is 5.65. The van der Waals surface area contributed by atoms with Crippen LogP contribution < -0.4 is 5.32 Å². The van der Waals surface area contributed by atoms with Gasteiger partial charge >= 0.3 is 0 Å². The number of nitro groups is 1. The molecular weight excluding hydrogens is 228 g/mol. The fourth-order valence-corrected chi connectivity index (χ4v) is 2.11. The standard InChI is InChI=1S/C14H22N2O2/c1-5-10(2)9-12(4)15-13-8-6-7-11(3)14(13)16(17)18/h6-8,10,12,15H,5,9H2,1-4H3. The number of aryl methyl sites for hydroxylation is 1. The molecule has 0 aliphatic carbocycles. The minimum absolute atomic E-state index is 0.188. The Labute approximate surface area is 109 Å². The SMILES string of the molecule is CCC(C)CC(C)Nc1cccc(C)c1[N+](=O)[O-]. The predicted molar refractivity (Wildman–Crippen MR) is 75.0 cm³/mol. The molecule has 100 valence electrons. The van der Waals surface area contributed by atoms with Crippen LogP contribution >= 0.6 is 0 Å². The summed E-state index contributed by atoms with van der Waals surface area (Å²) in [6, 6.07) is 5.63. The summed E-state index contributed by atoms with van der Waals surface area (Å²) in [7, 11) is 0. The van der Waals surface area contributed by atoms with Gasteiger partial charge in [-0.05, 0) is 32.3 Å². The molecule has 0 amide bonds. The molecule has 0 saturated carbocycles. The fraction of sp³-hybridized carbons (Fsp3) is 0.571. The Morgan fingerprint density at radius 2 is 2.06 bits per heavy atom. The summed E-state index contributed by atoms with van der Waals surface area (Å²) in [6.45, 7) is 8.19. The van der Waals surface area contributed by atoms with E-state index in [-0.39, 0.29) is 16.7 Å². The van der Waals surface area contributed by atoms with Crippen molar-refractivity contribution < 1.29 is 4.92 Å². The fourth-order valence-electron chi connectivity index (χ4n) is 2.11. The smallest absolute Gasteiger partial charge is 0.295 e. The predicted octanol–water partition coefficient (Wildman–Crippen LogP) is 4.14. The van der Waals surface area contributed by atoms with Crippen LogP contribution in [0.5, 0.6) is 0 Å². The van der Waals surface area contributed by atoms with Gasteiger partial charge in [0.25, 0.3) is 5.69 Å². The zero-order chi connectivity index (χ0) is 13.7. The Morgan fingerprint density at radius 1 is 1.39 bits per heavy atom. The average Bonchev–Trinajstić information content (AvgIpc) is 2.28. The van der Waals surface area contributed by atoms with E-state index in [1.54, 1.807) is 19.1 Å². The molecule has 4 heteroatoms. The number of para-hydroxylation sites is 1. The first-order chi connectivity index (χ1) is 8.45. The van der Waals surface area contributed by atoms with Crippen molar-refractivity contribution in [3.63, 3.8) is 0 Å². The monoisotopic (exact) mass is 250 g/mol. The van der Waals surface area contributed by atoms with Crippen molar-refractivity contribution in [1.82, 2.24) is 0 Å². The number of nitrogens with one attached hydrogen (secondary N) is 1. The molecule has 1 N–H and O–H groups in total. The molecule has 2 unspecified atom stereocenters. The summed E-state index contributed by atoms with van der Waals surface area (Å²) in [4.78, 5) is 10.8. The van der Waals surface area contributed by atoms with Crippen molar-refractivity contribution in [3.05, 3.63) is 33.9 Å². The van der Waals surface area contributed by atoms with Gasteiger partial charge in [-0.2, -0.15) is 0 Å². The van der Waals surface area contributed by atoms with Gasteiger partial charge in [-0.3, -0.25) is 10.1 Å². The summed E-state index contributed by atoms with van der Waals surface area (Å²) in [5.41, 5.74) is 1.50. The zero-order valence-corrected chi connectivity index (χ0v) is 11.6. The van der Waals surface area contributed by atoms with Crippen LogP contribution in [0.25, 0.3) is 0 Å². The number of rotatable bonds is 6. The van der Waals surface area contributed by atoms with Crippen LogP contribution in [0, 0.1) is 23.0 Å². The lowest BCUT2D eigenvalue weighted by atomic mass is 10.00. The maximum absolute atomic E-state index is 11.1. The molecule has 2 atom stereocenters. The van der Waals surface area contributed by atoms with Crippen molar-refractivity contribution in [2.24, 2.45) is 5.92 Å². The molecule has 0 fully saturated rings. The Bertz CT molecular complexity index is 418. The quantitative estimate of drug-likeness (QED) is 0.609. The van der Waals surface area contributed by atoms with Crippen LogP contribution in [0.1, 0.15) is 39.2 Å². The molecule has 0 radical (unpaired) electrons. The van der Waals surface area contributed by atoms with Gasteiger partial charge in [0.15, 0.2) is 0 Å². The number of hydrogen-bond donors (Lipinski definition) is 1. The first kappa shape index (κ1) is 14.5. The Balaban J connectivity index is 2.84. The summed E-state index contributed by atoms with van der Waals surface area (Å²) in [6.07, 6.45) is 2.14. The molecule has 0 saturated heterocycles. The van der Waals surface area contributed by atoms with E-state index < -0.39 is 0 Å². The highest BCUT2D eigenvalue weighted by atomic mass is 16.6. The van der Waals surface area contributed by atoms with Gasteiger partial charge < -0.3 is 5.32 Å². The highest BCUT2D eigenvalue weighted by Gasteiger charge is 2.18. The lowest BCUT2D eigenvalue weighted by Crippen LogP contribution is -2.19. The lowest BCUT2D eigenvalue weighted by Gasteiger charge is -2.19. The second kappa shape index (κ2) is 6.38. The van der Waals surface area contributed by atoms with Crippen LogP contribution in [0.2, 0.25) is 0 Å². The molecule has 4 nitrogen and oxygen atoms in total. The highest BCUT2D eigenvalue weighted by Crippen LogP contribution is 2.29. The lowest BCUT2D eigenvalue weighted by molar-refractivity contribution is -0.384. The van der Waals surface area contributed by atoms with Gasteiger partial charge in [-0.15, -0.1) is 0 Å². The van der Waals surface area contributed by atoms with Gasteiger partial charge in [0, 0.05) is 11.6 Å². The van der Waals surface area contributed by atoms with Crippen LogP contribution in [-0.2, 0) is 0 Å². The van der Waals surface area contributed by atoms with Crippen LogP contribution in [-0.4, -0.2) is 11.0 Å². The number of anilines is 1. The summed E-state index contributed by atoms with van der Waals surface area (Å²) in [5.74, 6) is 0.622. The third-order valence-corrected chi connectivity index (χ3v) is 3.28. The van der Waals surface area contributed by atoms with Gasteiger partial charge in [0.2, 0.25) is 0 Å². The maximum Gasteiger partial charge on any atom is 0.295 e. The van der Waals surface area contributed by atoms with E-state index in [0.717, 1.165) is 12.8 Å². The first-order valence-electron chi connectivity index (χ1n) is 6.46. The van der Waals surface area contributed by atoms with Crippen LogP contribution in [0.4, 0.5) is 11.4 Å². The molecule has 0 heterocycles. The van der Waals surface area contributed by atoms with Crippen LogP contribution in [0.15, 0.2) is 18.2 Å². The van der Waals surface area contributed by atoms with Crippen molar-refractivity contribution in [3.8, 4) is 0 Å². The van der Waals surface area contributed by atoms with Gasteiger partial charge in [0.1, 0.15) is 5.69 Å². The third-order valence-electron chi connectivity index (χ3n) is 3.28. The minimum Gasteiger partial charge on any atom is -0.377 e. The van der Waals surface area contributed by atoms with Gasteiger partial charge in [-0.1, -0.05) is 32.4 Å². The second-order valence-electron chi connectivity index (χ2n) is 5.02. The summed E-state index contributed by atoms with van der Waals surface area (Å²) >= 11 is 0. The Hall–Kier alpha value is -1.58. The first-order valence-corrected chi connectivity index (χ1v) is 6.46. The maximum atomic E-state index is 11.1. The van der Waals surface area contributed by atoms with Crippen molar-refractivity contribution in [2.45, 2.75) is 46.6 Å². The molecule has 0 spiro atoms. The van der Waals surface area contributed by atoms with Gasteiger partial charge in [-0.25, -0.2) is 0 Å². The normalized spacial score (nSPS) is 14.0. The largest absolute Gasteiger partial charge is 0.377 e. The molecule has 0 aliphatic rings. The van der Waals surface area contributed by atoms with E-state index in [9.17, 15) is 10.1 Å². The summed E-state index contributed by atoms with van der Waals surface area (Å²) in [5, 5.41) is 14.3. The van der Waals surface area contributed by atoms with Crippen molar-refractivity contribution in [1.29, 1.82) is 0 Å². The minimum atomic E-state index is -0.312. The Morgan fingerprint density at radius 3 is 2.61 bits per heavy atom. The third kappa shape index (κ3) is 3.72. The number of nitrogens with zero attached hydrogens (tertiary/aromatic N) is 1. The summed E-state index contributed by atoms with van der Waals surface area (Å²) < 4.78 is 0. The molecule has 0 aliphatic heterocycles. The van der Waals surface area contributed by atoms with E-state index in [4.69, 9.17) is 0 Å². The second-order valence-corrected chi connectivity index (χ2v) is 5.02. The van der Waals surface area contributed by atoms with E-state index in [0.29, 0.717) is 17.2 Å². The van der Waals surface area contributed by atoms with E-state index in [2.05, 4.69) is 26.1 Å². The molecule has 0 bridgehead atoms. The zero-order valence-electron chi connectivity index (χ0n) is 11.6. The number of benzene rings is 1. The Kier molecular flexibility index (Phi) is 5.13. The molecule has 1 rings (SSSR count). The molecule has 18 heavy (non-hydrogen) atoms. The number of nitro benzene ring substituents is 1. The van der Waals surface area contributed by atoms with Crippen molar-refractivity contribution in [2.75, 3.05) is 5.32 Å². The molecule has 0 aromatic heterocycles. The van der Waals surface area contributed by atoms with E-state index in [1.165, 1.54) is 0 Å². The van der Waals surface area contributed by atoms with E-state index in [1.807, 2.05) is 6.07 Å². The van der Waals surface area contributed by atoms with Crippen LogP contribution in [0.3, 0.4) is 0 Å². The average molecular weight is 250 g/mol. The molecular formula is C14H22N2O2.